The van der Waals surface area contributed by atoms with Crippen LogP contribution < -0.4 is 5.32 Å². The van der Waals surface area contributed by atoms with Crippen LogP contribution in [0.25, 0.3) is 0 Å². The van der Waals surface area contributed by atoms with Gasteiger partial charge in [-0.05, 0) is 43.7 Å². The number of thioether (sulfide) groups is 1. The van der Waals surface area contributed by atoms with Crippen molar-refractivity contribution in [3.05, 3.63) is 29.8 Å². The first-order chi connectivity index (χ1) is 12.1. The minimum Gasteiger partial charge on any atom is -0.349 e. The molecule has 0 radical (unpaired) electrons. The molecule has 1 saturated heterocycles. The van der Waals surface area contributed by atoms with Crippen molar-refractivity contribution in [1.29, 1.82) is 0 Å². The van der Waals surface area contributed by atoms with Gasteiger partial charge in [0, 0.05) is 24.0 Å². The van der Waals surface area contributed by atoms with Crippen LogP contribution in [-0.2, 0) is 4.79 Å². The number of hydrogen-bond donors (Lipinski definition) is 1. The molecule has 1 aliphatic carbocycles. The number of benzene rings is 1. The fraction of sp³-hybridized carbons (Fsp3) is 0.600. The predicted molar refractivity (Wildman–Crippen MR) is 102 cm³/mol. The molecule has 2 amide bonds. The van der Waals surface area contributed by atoms with Gasteiger partial charge in [-0.15, -0.1) is 11.8 Å². The van der Waals surface area contributed by atoms with Gasteiger partial charge in [0.15, 0.2) is 0 Å². The molecule has 0 aromatic heterocycles. The lowest BCUT2D eigenvalue weighted by molar-refractivity contribution is -0.127. The molecular weight excluding hydrogens is 332 g/mol. The Kier molecular flexibility index (Phi) is 6.40. The third-order valence-electron chi connectivity index (χ3n) is 5.37. The summed E-state index contributed by atoms with van der Waals surface area (Å²) in [4.78, 5) is 27.9. The maximum Gasteiger partial charge on any atom is 0.252 e. The van der Waals surface area contributed by atoms with Crippen molar-refractivity contribution >= 4 is 23.6 Å². The summed E-state index contributed by atoms with van der Waals surface area (Å²) in [5.41, 5.74) is 0.694. The van der Waals surface area contributed by atoms with Gasteiger partial charge < -0.3 is 10.2 Å². The van der Waals surface area contributed by atoms with Crippen LogP contribution in [-0.4, -0.2) is 41.6 Å². The molecule has 1 saturated carbocycles. The molecule has 5 heteroatoms. The first-order valence-electron chi connectivity index (χ1n) is 9.45. The molecule has 0 bridgehead atoms. The minimum absolute atomic E-state index is 0.00419. The van der Waals surface area contributed by atoms with Gasteiger partial charge in [0.25, 0.3) is 5.91 Å². The lowest BCUT2D eigenvalue weighted by Gasteiger charge is -2.29. The average molecular weight is 361 g/mol. The van der Waals surface area contributed by atoms with Crippen molar-refractivity contribution in [2.75, 3.05) is 18.8 Å². The first-order valence-corrected chi connectivity index (χ1v) is 10.4. The van der Waals surface area contributed by atoms with E-state index in [4.69, 9.17) is 0 Å². The molecular formula is C20H28N2O2S. The number of rotatable bonds is 5. The highest BCUT2D eigenvalue weighted by atomic mass is 32.2. The zero-order chi connectivity index (χ0) is 17.6. The summed E-state index contributed by atoms with van der Waals surface area (Å²) in [5, 5.41) is 3.22. The Balaban J connectivity index is 1.61. The summed E-state index contributed by atoms with van der Waals surface area (Å²) < 4.78 is 0. The highest BCUT2D eigenvalue weighted by Crippen LogP contribution is 2.26. The van der Waals surface area contributed by atoms with Gasteiger partial charge in [0.05, 0.1) is 11.3 Å². The Morgan fingerprint density at radius 1 is 1.12 bits per heavy atom. The highest BCUT2D eigenvalue weighted by Gasteiger charge is 2.24. The second-order valence-electron chi connectivity index (χ2n) is 7.21. The van der Waals surface area contributed by atoms with Crippen LogP contribution in [0, 0.1) is 5.92 Å². The minimum atomic E-state index is -0.00419. The van der Waals surface area contributed by atoms with E-state index in [2.05, 4.69) is 12.2 Å². The van der Waals surface area contributed by atoms with Crippen molar-refractivity contribution in [2.45, 2.75) is 56.4 Å². The summed E-state index contributed by atoms with van der Waals surface area (Å²) >= 11 is 1.48. The monoisotopic (exact) mass is 360 g/mol. The number of nitrogens with one attached hydrogen (secondary N) is 1. The molecule has 4 nitrogen and oxygen atoms in total. The number of carbonyl (C=O) groups excluding carboxylic acids is 2. The summed E-state index contributed by atoms with van der Waals surface area (Å²) in [7, 11) is 0. The normalized spacial score (nSPS) is 23.5. The van der Waals surface area contributed by atoms with E-state index in [0.717, 1.165) is 37.2 Å². The van der Waals surface area contributed by atoms with Gasteiger partial charge in [0.1, 0.15) is 0 Å². The van der Waals surface area contributed by atoms with E-state index >= 15 is 0 Å². The summed E-state index contributed by atoms with van der Waals surface area (Å²) in [6.07, 6.45) is 6.92. The van der Waals surface area contributed by atoms with Crippen LogP contribution in [0.5, 0.6) is 0 Å². The van der Waals surface area contributed by atoms with Crippen LogP contribution in [0.4, 0.5) is 0 Å². The van der Waals surface area contributed by atoms with E-state index in [1.807, 2.05) is 29.2 Å². The SMILES string of the molecule is CC1CCCCC1NC(=O)c1ccccc1SCC(=O)N1CCCC1. The molecule has 3 rings (SSSR count). The summed E-state index contributed by atoms with van der Waals surface area (Å²) in [5.74, 6) is 1.12. The molecule has 1 N–H and O–H groups in total. The second kappa shape index (κ2) is 8.75. The Morgan fingerprint density at radius 3 is 2.60 bits per heavy atom. The number of carbonyl (C=O) groups is 2. The molecule has 2 fully saturated rings. The average Bonchev–Trinajstić information content (AvgIpc) is 3.16. The quantitative estimate of drug-likeness (QED) is 0.815. The third-order valence-corrected chi connectivity index (χ3v) is 6.43. The Bertz CT molecular complexity index is 613. The molecule has 2 unspecified atom stereocenters. The van der Waals surface area contributed by atoms with Crippen molar-refractivity contribution in [1.82, 2.24) is 10.2 Å². The summed E-state index contributed by atoms with van der Waals surface area (Å²) in [6.45, 7) is 3.97. The molecule has 1 aliphatic heterocycles. The predicted octanol–water partition coefficient (Wildman–Crippen LogP) is 3.71. The van der Waals surface area contributed by atoms with E-state index in [1.165, 1.54) is 31.0 Å². The molecule has 0 spiro atoms. The van der Waals surface area contributed by atoms with Gasteiger partial charge in [0.2, 0.25) is 5.91 Å². The van der Waals surface area contributed by atoms with Crippen LogP contribution in [0.2, 0.25) is 0 Å². The first kappa shape index (κ1) is 18.3. The van der Waals surface area contributed by atoms with E-state index in [9.17, 15) is 9.59 Å². The maximum absolute atomic E-state index is 12.8. The van der Waals surface area contributed by atoms with Crippen LogP contribution >= 0.6 is 11.8 Å². The van der Waals surface area contributed by atoms with Gasteiger partial charge in [-0.2, -0.15) is 0 Å². The molecule has 1 aromatic carbocycles. The molecule has 136 valence electrons. The van der Waals surface area contributed by atoms with E-state index in [0.29, 0.717) is 17.2 Å². The molecule has 1 heterocycles. The maximum atomic E-state index is 12.8. The van der Waals surface area contributed by atoms with Crippen molar-refractivity contribution in [2.24, 2.45) is 5.92 Å². The number of hydrogen-bond acceptors (Lipinski definition) is 3. The Labute approximate surface area is 154 Å². The fourth-order valence-electron chi connectivity index (χ4n) is 3.75. The molecule has 2 aliphatic rings. The van der Waals surface area contributed by atoms with Gasteiger partial charge in [-0.25, -0.2) is 0 Å². The molecule has 2 atom stereocenters. The topological polar surface area (TPSA) is 49.4 Å². The number of amides is 2. The van der Waals surface area contributed by atoms with Crippen molar-refractivity contribution in [3.8, 4) is 0 Å². The van der Waals surface area contributed by atoms with Gasteiger partial charge in [-0.1, -0.05) is 31.9 Å². The second-order valence-corrected chi connectivity index (χ2v) is 8.23. The molecule has 1 aromatic rings. The Hall–Kier alpha value is -1.49. The van der Waals surface area contributed by atoms with Crippen molar-refractivity contribution in [3.63, 3.8) is 0 Å². The zero-order valence-corrected chi connectivity index (χ0v) is 15.8. The van der Waals surface area contributed by atoms with Gasteiger partial charge >= 0.3 is 0 Å². The third kappa shape index (κ3) is 4.78. The standard InChI is InChI=1S/C20H28N2O2S/c1-15-8-2-4-10-17(15)21-20(24)16-9-3-5-11-18(16)25-14-19(23)22-12-6-7-13-22/h3,5,9,11,15,17H,2,4,6-8,10,12-14H2,1H3,(H,21,24). The lowest BCUT2D eigenvalue weighted by atomic mass is 9.86. The zero-order valence-electron chi connectivity index (χ0n) is 15.0. The summed E-state index contributed by atoms with van der Waals surface area (Å²) in [6, 6.07) is 7.91. The lowest BCUT2D eigenvalue weighted by Crippen LogP contribution is -2.41. The van der Waals surface area contributed by atoms with Crippen LogP contribution in [0.3, 0.4) is 0 Å². The van der Waals surface area contributed by atoms with Gasteiger partial charge in [-0.3, -0.25) is 9.59 Å². The smallest absolute Gasteiger partial charge is 0.252 e. The largest absolute Gasteiger partial charge is 0.349 e. The number of nitrogens with zero attached hydrogens (tertiary/aromatic N) is 1. The highest BCUT2D eigenvalue weighted by molar-refractivity contribution is 8.00. The molecule has 25 heavy (non-hydrogen) atoms. The van der Waals surface area contributed by atoms with Crippen LogP contribution in [0.15, 0.2) is 29.2 Å². The number of likely N-dealkylation sites (tertiary alicyclic amines) is 1. The van der Waals surface area contributed by atoms with E-state index < -0.39 is 0 Å². The Morgan fingerprint density at radius 2 is 1.84 bits per heavy atom. The van der Waals surface area contributed by atoms with E-state index in [1.54, 1.807) is 0 Å². The fourth-order valence-corrected chi connectivity index (χ4v) is 4.71. The van der Waals surface area contributed by atoms with Crippen molar-refractivity contribution < 1.29 is 9.59 Å². The van der Waals surface area contributed by atoms with Crippen LogP contribution in [0.1, 0.15) is 55.8 Å². The van der Waals surface area contributed by atoms with E-state index in [-0.39, 0.29) is 17.9 Å².